The van der Waals surface area contributed by atoms with Crippen LogP contribution in [0, 0.1) is 0 Å². The Labute approximate surface area is 202 Å². The Kier molecular flexibility index (Phi) is 6.53. The number of nitrogens with zero attached hydrogens (tertiary/aromatic N) is 4. The summed E-state index contributed by atoms with van der Waals surface area (Å²) in [5.74, 6) is -1.78. The van der Waals surface area contributed by atoms with Crippen LogP contribution in [0.15, 0.2) is 43.1 Å². The second-order valence-corrected chi connectivity index (χ2v) is 9.43. The molecule has 2 aromatic heterocycles. The number of fused-ring (bicyclic) bond motifs is 1. The Morgan fingerprint density at radius 1 is 1.48 bits per heavy atom. The van der Waals surface area contributed by atoms with Crippen molar-refractivity contribution in [2.45, 2.75) is 11.4 Å². The Balaban J connectivity index is 1.53. The highest BCUT2D eigenvalue weighted by atomic mass is 79.9. The summed E-state index contributed by atoms with van der Waals surface area (Å²) in [7, 11) is 1.27. The fourth-order valence-electron chi connectivity index (χ4n) is 3.20. The van der Waals surface area contributed by atoms with Crippen molar-refractivity contribution in [3.05, 3.63) is 44.8 Å². The van der Waals surface area contributed by atoms with Crippen molar-refractivity contribution in [1.82, 2.24) is 20.4 Å². The number of carboxylic acid groups (broad SMARTS) is 1. The second kappa shape index (κ2) is 9.36. The third kappa shape index (κ3) is 4.51. The third-order valence-corrected chi connectivity index (χ3v) is 6.95. The number of aliphatic carboxylic acids is 1. The molecule has 12 nitrogen and oxygen atoms in total. The predicted octanol–water partition coefficient (Wildman–Crippen LogP) is 1.28. The lowest BCUT2D eigenvalue weighted by Gasteiger charge is -2.49. The van der Waals surface area contributed by atoms with E-state index in [0.29, 0.717) is 21.7 Å². The molecule has 4 heterocycles. The number of thiazole rings is 1. The van der Waals surface area contributed by atoms with Crippen LogP contribution in [0.5, 0.6) is 0 Å². The van der Waals surface area contributed by atoms with E-state index in [1.807, 2.05) is 0 Å². The summed E-state index contributed by atoms with van der Waals surface area (Å²) in [6.07, 6.45) is 3.13. The van der Waals surface area contributed by atoms with Gasteiger partial charge in [0.2, 0.25) is 0 Å². The first-order valence-corrected chi connectivity index (χ1v) is 11.9. The number of allylic oxidation sites excluding steroid dienone is 1. The van der Waals surface area contributed by atoms with Crippen molar-refractivity contribution in [3.63, 3.8) is 0 Å². The minimum atomic E-state index is -1.25. The maximum Gasteiger partial charge on any atom is 0.352 e. The number of hydrogen-bond acceptors (Lipinski definition) is 11. The number of oxime groups is 1. The van der Waals surface area contributed by atoms with Crippen LogP contribution >= 0.6 is 39.0 Å². The zero-order valence-electron chi connectivity index (χ0n) is 16.7. The smallest absolute Gasteiger partial charge is 0.352 e. The molecule has 2 atom stereocenters. The molecular formula is C18H15BrN6O6S2. The minimum absolute atomic E-state index is 0.145. The zero-order chi connectivity index (χ0) is 23.7. The summed E-state index contributed by atoms with van der Waals surface area (Å²) >= 11 is 5.61. The van der Waals surface area contributed by atoms with Gasteiger partial charge in [-0.15, -0.1) is 23.1 Å². The number of nitrogens with one attached hydrogen (secondary N) is 1. The average Bonchev–Trinajstić information content (AvgIpc) is 3.40. The first-order chi connectivity index (χ1) is 15.8. The number of carbonyl (C=O) groups excluding carboxylic acids is 2. The molecule has 0 aromatic carbocycles. The van der Waals surface area contributed by atoms with Crippen molar-refractivity contribution in [1.29, 1.82) is 0 Å². The summed E-state index contributed by atoms with van der Waals surface area (Å²) in [5, 5.41) is 20.9. The molecule has 2 aliphatic heterocycles. The average molecular weight is 555 g/mol. The van der Waals surface area contributed by atoms with Crippen LogP contribution in [0.4, 0.5) is 5.13 Å². The van der Waals surface area contributed by atoms with Gasteiger partial charge >= 0.3 is 5.97 Å². The van der Waals surface area contributed by atoms with E-state index in [-0.39, 0.29) is 22.2 Å². The highest BCUT2D eigenvalue weighted by Crippen LogP contribution is 2.40. The van der Waals surface area contributed by atoms with Crippen LogP contribution in [0.1, 0.15) is 11.5 Å². The third-order valence-electron chi connectivity index (χ3n) is 4.60. The zero-order valence-corrected chi connectivity index (χ0v) is 19.9. The number of carboxylic acids is 1. The van der Waals surface area contributed by atoms with Gasteiger partial charge in [-0.2, -0.15) is 0 Å². The number of anilines is 1. The van der Waals surface area contributed by atoms with Crippen LogP contribution in [-0.4, -0.2) is 67.9 Å². The molecule has 33 heavy (non-hydrogen) atoms. The van der Waals surface area contributed by atoms with Gasteiger partial charge in [0.25, 0.3) is 11.8 Å². The highest BCUT2D eigenvalue weighted by Gasteiger charge is 2.54. The van der Waals surface area contributed by atoms with Gasteiger partial charge in [0.05, 0.1) is 0 Å². The summed E-state index contributed by atoms with van der Waals surface area (Å²) in [6, 6.07) is 0.678. The molecule has 2 aromatic rings. The SMILES string of the molecule is CO/N=C(\C(=O)N[C@@H]1C(=O)N2C(C(=O)O)=C(/C=C\c3cc(Br)no3)CS[C@H]12)c1csc(N)n1. The van der Waals surface area contributed by atoms with E-state index in [1.54, 1.807) is 18.2 Å². The van der Waals surface area contributed by atoms with Crippen LogP contribution in [0.2, 0.25) is 0 Å². The second-order valence-electron chi connectivity index (χ2n) is 6.62. The van der Waals surface area contributed by atoms with E-state index in [1.165, 1.54) is 24.3 Å². The van der Waals surface area contributed by atoms with E-state index in [9.17, 15) is 19.5 Å². The quantitative estimate of drug-likeness (QED) is 0.257. The predicted molar refractivity (Wildman–Crippen MR) is 123 cm³/mol. The molecule has 0 unspecified atom stereocenters. The standard InChI is InChI=1S/C18H15BrN6O6S2/c1-30-24-11(9-6-33-18(20)21-9)14(26)22-12-15(27)25-13(17(28)29)7(5-32-16(12)25)2-3-8-4-10(19)23-31-8/h2-4,6,12,16H,5H2,1H3,(H2,20,21)(H,22,26)(H,28,29)/b3-2-,24-11-/t12-,16-/m1/s1. The Morgan fingerprint density at radius 3 is 2.88 bits per heavy atom. The normalized spacial score (nSPS) is 20.6. The van der Waals surface area contributed by atoms with Crippen molar-refractivity contribution < 1.29 is 28.9 Å². The molecular weight excluding hydrogens is 540 g/mol. The molecule has 15 heteroatoms. The number of hydrogen-bond donors (Lipinski definition) is 3. The number of halogens is 1. The van der Waals surface area contributed by atoms with E-state index >= 15 is 0 Å². The fourth-order valence-corrected chi connectivity index (χ4v) is 5.36. The first-order valence-electron chi connectivity index (χ1n) is 9.15. The van der Waals surface area contributed by atoms with E-state index in [4.69, 9.17) is 15.1 Å². The number of aromatic nitrogens is 2. The van der Waals surface area contributed by atoms with Crippen molar-refractivity contribution in [2.24, 2.45) is 5.16 Å². The van der Waals surface area contributed by atoms with Gasteiger partial charge in [0, 0.05) is 17.2 Å². The largest absolute Gasteiger partial charge is 0.477 e. The molecule has 0 bridgehead atoms. The Bertz CT molecular complexity index is 1220. The molecule has 0 aliphatic carbocycles. The van der Waals surface area contributed by atoms with E-state index in [2.05, 4.69) is 36.5 Å². The van der Waals surface area contributed by atoms with E-state index < -0.39 is 29.2 Å². The van der Waals surface area contributed by atoms with Crippen LogP contribution in [0.25, 0.3) is 6.08 Å². The molecule has 1 fully saturated rings. The van der Waals surface area contributed by atoms with Gasteiger partial charge in [0.1, 0.15) is 34.5 Å². The summed E-state index contributed by atoms with van der Waals surface area (Å²) in [5.41, 5.74) is 5.95. The summed E-state index contributed by atoms with van der Waals surface area (Å²) in [4.78, 5) is 47.4. The van der Waals surface area contributed by atoms with Gasteiger partial charge < -0.3 is 25.5 Å². The monoisotopic (exact) mass is 554 g/mol. The maximum absolute atomic E-state index is 12.8. The van der Waals surface area contributed by atoms with Gasteiger partial charge in [-0.1, -0.05) is 16.4 Å². The summed E-state index contributed by atoms with van der Waals surface area (Å²) < 4.78 is 5.55. The Morgan fingerprint density at radius 2 is 2.27 bits per heavy atom. The van der Waals surface area contributed by atoms with Crippen LogP contribution in [0.3, 0.4) is 0 Å². The van der Waals surface area contributed by atoms with Gasteiger partial charge in [0.15, 0.2) is 16.6 Å². The minimum Gasteiger partial charge on any atom is -0.477 e. The van der Waals surface area contributed by atoms with Crippen molar-refractivity contribution in [3.8, 4) is 0 Å². The first kappa shape index (κ1) is 23.0. The number of thioether (sulfide) groups is 1. The topological polar surface area (TPSA) is 173 Å². The maximum atomic E-state index is 12.8. The molecule has 2 amide bonds. The highest BCUT2D eigenvalue weighted by molar-refractivity contribution is 9.10. The van der Waals surface area contributed by atoms with Crippen LogP contribution < -0.4 is 11.1 Å². The molecule has 0 saturated carbocycles. The molecule has 2 aliphatic rings. The van der Waals surface area contributed by atoms with Crippen molar-refractivity contribution in [2.75, 3.05) is 18.6 Å². The number of rotatable bonds is 7. The molecule has 1 saturated heterocycles. The van der Waals surface area contributed by atoms with Crippen LogP contribution in [-0.2, 0) is 19.2 Å². The number of amides is 2. The number of carbonyl (C=O) groups is 3. The molecule has 4 rings (SSSR count). The van der Waals surface area contributed by atoms with E-state index in [0.717, 1.165) is 16.2 Å². The Hall–Kier alpha value is -3.17. The lowest BCUT2D eigenvalue weighted by Crippen LogP contribution is -2.71. The molecule has 172 valence electrons. The molecule has 4 N–H and O–H groups in total. The molecule has 0 spiro atoms. The molecule has 0 radical (unpaired) electrons. The fraction of sp³-hybridized carbons (Fsp3) is 0.222. The lowest BCUT2D eigenvalue weighted by molar-refractivity contribution is -0.150. The number of β-lactam (4-membered cyclic amide) rings is 1. The van der Waals surface area contributed by atoms with Gasteiger partial charge in [-0.05, 0) is 27.6 Å². The number of nitrogens with two attached hydrogens (primary N) is 1. The summed E-state index contributed by atoms with van der Waals surface area (Å²) in [6.45, 7) is 0. The lowest BCUT2D eigenvalue weighted by atomic mass is 10.0. The number of nitrogen functional groups attached to an aromatic ring is 1. The van der Waals surface area contributed by atoms with Gasteiger partial charge in [-0.25, -0.2) is 9.78 Å². The van der Waals surface area contributed by atoms with Crippen molar-refractivity contribution >= 4 is 73.7 Å². The van der Waals surface area contributed by atoms with Gasteiger partial charge in [-0.3, -0.25) is 14.5 Å².